The minimum atomic E-state index is -4.79. The molecular weight excluding hydrogens is 802 g/mol. The molecule has 0 aromatic heterocycles. The first kappa shape index (κ1) is 42.8. The zero-order chi connectivity index (χ0) is 43.0. The van der Waals surface area contributed by atoms with Crippen molar-refractivity contribution < 1.29 is 64.5 Å². The zero-order valence-electron chi connectivity index (χ0n) is 31.9. The highest BCUT2D eigenvalue weighted by Gasteiger charge is 2.78. The summed E-state index contributed by atoms with van der Waals surface area (Å²) >= 11 is 0. The molecule has 4 amide bonds. The van der Waals surface area contributed by atoms with Gasteiger partial charge in [0.05, 0.1) is 77.6 Å². The predicted molar refractivity (Wildman–Crippen MR) is 199 cm³/mol. The van der Waals surface area contributed by atoms with Crippen molar-refractivity contribution in [2.24, 2.45) is 23.7 Å². The molecule has 2 aromatic rings. The molecule has 4 bridgehead atoms. The summed E-state index contributed by atoms with van der Waals surface area (Å²) < 4.78 is 104. The molecule has 18 heteroatoms. The summed E-state index contributed by atoms with van der Waals surface area (Å²) in [6.45, 7) is 24.3. The molecular formula is C42H40F6N4O8. The Balaban J connectivity index is 0.000000179. The first-order valence-electron chi connectivity index (χ1n) is 18.7. The number of fused-ring (bicyclic) bond motifs is 10. The monoisotopic (exact) mass is 842 g/mol. The van der Waals surface area contributed by atoms with Crippen LogP contribution in [-0.4, -0.2) is 64.3 Å². The fourth-order valence-electron chi connectivity index (χ4n) is 10.4. The van der Waals surface area contributed by atoms with Crippen LogP contribution < -0.4 is 9.80 Å². The molecule has 318 valence electrons. The Morgan fingerprint density at radius 3 is 1.45 bits per heavy atom. The fraction of sp³-hybridized carbons (Fsp3) is 0.524. The van der Waals surface area contributed by atoms with Gasteiger partial charge in [0.2, 0.25) is 23.6 Å². The summed E-state index contributed by atoms with van der Waals surface area (Å²) in [5, 5.41) is 0. The molecule has 0 radical (unpaired) electrons. The molecule has 12 nitrogen and oxygen atoms in total. The highest BCUT2D eigenvalue weighted by atomic mass is 19.4. The Kier molecular flexibility index (Phi) is 9.71. The quantitative estimate of drug-likeness (QED) is 0.123. The lowest BCUT2D eigenvalue weighted by Gasteiger charge is -2.35. The van der Waals surface area contributed by atoms with Crippen LogP contribution in [0.5, 0.6) is 0 Å². The summed E-state index contributed by atoms with van der Waals surface area (Å²) in [5.74, 6) is -5.67. The van der Waals surface area contributed by atoms with Crippen LogP contribution in [0.1, 0.15) is 71.9 Å². The number of imide groups is 2. The first-order valence-corrected chi connectivity index (χ1v) is 18.7. The number of carbonyl (C=O) groups is 4. The van der Waals surface area contributed by atoms with Crippen LogP contribution in [0.25, 0.3) is 9.69 Å². The van der Waals surface area contributed by atoms with Gasteiger partial charge in [-0.25, -0.2) is 19.5 Å². The van der Waals surface area contributed by atoms with Gasteiger partial charge in [-0.3, -0.25) is 19.2 Å². The van der Waals surface area contributed by atoms with E-state index in [9.17, 15) is 45.5 Å². The van der Waals surface area contributed by atoms with E-state index in [0.29, 0.717) is 25.0 Å². The molecule has 4 unspecified atom stereocenters. The van der Waals surface area contributed by atoms with Crippen molar-refractivity contribution in [2.75, 3.05) is 9.80 Å². The molecule has 2 aromatic carbocycles. The molecule has 10 atom stereocenters. The number of benzene rings is 2. The van der Waals surface area contributed by atoms with Crippen molar-refractivity contribution in [3.05, 3.63) is 83.2 Å². The molecule has 0 spiro atoms. The molecule has 7 aliphatic rings. The largest absolute Gasteiger partial charge is 0.496 e. The third-order valence-electron chi connectivity index (χ3n) is 13.0. The highest BCUT2D eigenvalue weighted by molar-refractivity contribution is 6.24. The average molecular weight is 843 g/mol. The van der Waals surface area contributed by atoms with E-state index in [0.717, 1.165) is 34.8 Å². The van der Waals surface area contributed by atoms with Crippen molar-refractivity contribution in [2.45, 2.75) is 114 Å². The van der Waals surface area contributed by atoms with Crippen LogP contribution in [0.15, 0.2) is 49.2 Å². The third-order valence-corrected chi connectivity index (χ3v) is 13.0. The van der Waals surface area contributed by atoms with Gasteiger partial charge >= 0.3 is 12.4 Å². The Hall–Kier alpha value is -5.30. The van der Waals surface area contributed by atoms with Crippen molar-refractivity contribution in [1.29, 1.82) is 0 Å². The number of nitrogens with zero attached hydrogens (tertiary/aromatic N) is 4. The Bertz CT molecular complexity index is 2320. The van der Waals surface area contributed by atoms with Gasteiger partial charge in [0.1, 0.15) is 17.3 Å². The van der Waals surface area contributed by atoms with Crippen molar-refractivity contribution >= 4 is 46.4 Å². The van der Waals surface area contributed by atoms with Crippen LogP contribution in [0.4, 0.5) is 49.1 Å². The Morgan fingerprint density at radius 1 is 0.700 bits per heavy atom. The van der Waals surface area contributed by atoms with Gasteiger partial charge < -0.3 is 18.9 Å². The predicted octanol–water partition coefficient (Wildman–Crippen LogP) is 8.34. The summed E-state index contributed by atoms with van der Waals surface area (Å²) in [6.07, 6.45) is -6.32. The SMILES string of the molecule is C.[C-]#[N+]c1ccc(N2C(=O)[C@@H]3[C@H](C2=O)C2(C)C[C@H](OC4CC4)C3(C)O2)cc1C(F)(F)F.[C-]#[N+]c1ccc(N2C(=O)[C@@H]3[C@H](C2=O)C2(C)C[C@H](OC=C)C3(C)O2)cc1C(F)(F)F. The summed E-state index contributed by atoms with van der Waals surface area (Å²) in [7, 11) is 0. The Morgan fingerprint density at radius 2 is 1.08 bits per heavy atom. The maximum absolute atomic E-state index is 13.4. The fourth-order valence-corrected chi connectivity index (χ4v) is 10.4. The number of halogens is 6. The van der Waals surface area contributed by atoms with Gasteiger partial charge in [-0.1, -0.05) is 26.1 Å². The van der Waals surface area contributed by atoms with Gasteiger partial charge in [-0.15, -0.1) is 0 Å². The standard InChI is InChI=1S/C21H19F3N2O4.C20H17F3N2O4.CH4/c1-19-9-14(29-11-5-6-11)20(2,30-19)16-15(19)17(27)26(18(16)28)10-4-7-13(25-3)12(8-10)21(22,23)24;1-5-28-13-9-18(2)14-15(19(13,3)29-18)17(27)25(16(14)26)10-6-7-12(24-4)11(8-10)20(21,22)23;/h4,7-8,11,14-16H,5-6,9H2,1-2H3;5-8,13-15H,1,9H2,2-3H3;1H4/t14-,15+,16-,19?,20?;13-,14+,15-,18?,19?;/m00./s1. The van der Waals surface area contributed by atoms with Gasteiger partial charge in [0.25, 0.3) is 0 Å². The van der Waals surface area contributed by atoms with Gasteiger partial charge in [-0.05, 0) is 64.8 Å². The number of ether oxygens (including phenoxy) is 4. The lowest BCUT2D eigenvalue weighted by Crippen LogP contribution is -2.50. The smallest absolute Gasteiger partial charge is 0.407 e. The second kappa shape index (κ2) is 13.6. The van der Waals surface area contributed by atoms with E-state index in [2.05, 4.69) is 16.3 Å². The van der Waals surface area contributed by atoms with Crippen LogP contribution in [-0.2, 0) is 50.5 Å². The molecule has 6 saturated heterocycles. The summed E-state index contributed by atoms with van der Waals surface area (Å²) in [6, 6.07) is 5.74. The van der Waals surface area contributed by atoms with E-state index < -0.39 is 111 Å². The second-order valence-corrected chi connectivity index (χ2v) is 16.8. The number of amides is 4. The van der Waals surface area contributed by atoms with Gasteiger partial charge in [0, 0.05) is 24.2 Å². The number of alkyl halides is 6. The average Bonchev–Trinajstić information content (AvgIpc) is 3.46. The number of rotatable bonds is 6. The second-order valence-electron chi connectivity index (χ2n) is 16.8. The molecule has 0 N–H and O–H groups in total. The van der Waals surface area contributed by atoms with Crippen LogP contribution >= 0.6 is 0 Å². The van der Waals surface area contributed by atoms with Crippen molar-refractivity contribution in [1.82, 2.24) is 0 Å². The summed E-state index contributed by atoms with van der Waals surface area (Å²) in [4.78, 5) is 60.3. The van der Waals surface area contributed by atoms with Crippen LogP contribution in [0, 0.1) is 36.8 Å². The minimum absolute atomic E-state index is 0. The lowest BCUT2D eigenvalue weighted by molar-refractivity contribution is -0.138. The number of hydrogen-bond donors (Lipinski definition) is 0. The number of carbonyl (C=O) groups excluding carboxylic acids is 4. The van der Waals surface area contributed by atoms with Gasteiger partial charge in [0.15, 0.2) is 11.4 Å². The Labute approximate surface area is 341 Å². The molecule has 6 heterocycles. The maximum atomic E-state index is 13.4. The topological polar surface area (TPSA) is 120 Å². The normalized spacial score (nSPS) is 36.0. The van der Waals surface area contributed by atoms with Crippen LogP contribution in [0.3, 0.4) is 0 Å². The molecule has 60 heavy (non-hydrogen) atoms. The third kappa shape index (κ3) is 6.04. The van der Waals surface area contributed by atoms with Crippen LogP contribution in [0.2, 0.25) is 0 Å². The van der Waals surface area contributed by atoms with E-state index in [1.54, 1.807) is 27.7 Å². The minimum Gasteiger partial charge on any atom is -0.496 e. The highest BCUT2D eigenvalue weighted by Crippen LogP contribution is 2.64. The molecule has 1 saturated carbocycles. The summed E-state index contributed by atoms with van der Waals surface area (Å²) in [5.41, 5.74) is -7.90. The van der Waals surface area contributed by atoms with Crippen molar-refractivity contribution in [3.63, 3.8) is 0 Å². The number of hydrogen-bond acceptors (Lipinski definition) is 8. The maximum Gasteiger partial charge on any atom is 0.407 e. The number of anilines is 2. The molecule has 9 rings (SSSR count). The van der Waals surface area contributed by atoms with E-state index in [-0.39, 0.29) is 31.0 Å². The van der Waals surface area contributed by atoms with E-state index in [1.165, 1.54) is 18.4 Å². The van der Waals surface area contributed by atoms with E-state index in [4.69, 9.17) is 32.1 Å². The van der Waals surface area contributed by atoms with Gasteiger partial charge in [-0.2, -0.15) is 26.3 Å². The zero-order valence-corrected chi connectivity index (χ0v) is 31.9. The molecule has 6 aliphatic heterocycles. The first-order chi connectivity index (χ1) is 27.5. The molecule has 1 aliphatic carbocycles. The lowest BCUT2D eigenvalue weighted by atomic mass is 9.67. The van der Waals surface area contributed by atoms with E-state index >= 15 is 0 Å². The van der Waals surface area contributed by atoms with E-state index in [1.807, 2.05) is 0 Å². The molecule has 7 fully saturated rings. The van der Waals surface area contributed by atoms with Crippen molar-refractivity contribution in [3.8, 4) is 0 Å².